The second kappa shape index (κ2) is 6.10. The van der Waals surface area contributed by atoms with Crippen molar-refractivity contribution in [2.24, 2.45) is 0 Å². The smallest absolute Gasteiger partial charge is 0.154 e. The molecular weight excluding hydrogens is 279 g/mol. The zero-order valence-electron chi connectivity index (χ0n) is 11.9. The number of benzene rings is 1. The molecule has 0 aromatic heterocycles. The highest BCUT2D eigenvalue weighted by Gasteiger charge is 2.29. The predicted octanol–water partition coefficient (Wildman–Crippen LogP) is 1.56. The number of nitrogens with zero attached hydrogens (tertiary/aromatic N) is 1. The number of sulfone groups is 1. The summed E-state index contributed by atoms with van der Waals surface area (Å²) in [7, 11) is -2.94. The standard InChI is InChI=1S/C14H21FN2O2S/c1-3-16-9-12-8-13(15)4-5-14(12)17-6-7-20(18,19)10-11(17)2/h4-5,8,11,16H,3,6-7,9-10H2,1-2H3. The molecule has 20 heavy (non-hydrogen) atoms. The van der Waals surface area contributed by atoms with Gasteiger partial charge in [-0.25, -0.2) is 12.8 Å². The summed E-state index contributed by atoms with van der Waals surface area (Å²) in [6, 6.07) is 4.62. The zero-order chi connectivity index (χ0) is 14.8. The summed E-state index contributed by atoms with van der Waals surface area (Å²) < 4.78 is 36.7. The molecule has 112 valence electrons. The molecule has 1 aliphatic rings. The summed E-state index contributed by atoms with van der Waals surface area (Å²) in [6.45, 7) is 5.75. The highest BCUT2D eigenvalue weighted by atomic mass is 32.2. The zero-order valence-corrected chi connectivity index (χ0v) is 12.7. The number of rotatable bonds is 4. The van der Waals surface area contributed by atoms with Crippen LogP contribution in [0.25, 0.3) is 0 Å². The van der Waals surface area contributed by atoms with Crippen molar-refractivity contribution in [1.82, 2.24) is 5.32 Å². The summed E-state index contributed by atoms with van der Waals surface area (Å²) in [5.74, 6) is 0.0550. The van der Waals surface area contributed by atoms with E-state index in [4.69, 9.17) is 0 Å². The molecule has 0 saturated carbocycles. The molecule has 1 heterocycles. The molecule has 1 fully saturated rings. The lowest BCUT2D eigenvalue weighted by atomic mass is 10.1. The molecule has 0 spiro atoms. The van der Waals surface area contributed by atoms with Gasteiger partial charge in [0.1, 0.15) is 5.82 Å². The monoisotopic (exact) mass is 300 g/mol. The fraction of sp³-hybridized carbons (Fsp3) is 0.571. The van der Waals surface area contributed by atoms with Crippen LogP contribution >= 0.6 is 0 Å². The van der Waals surface area contributed by atoms with Crippen molar-refractivity contribution in [3.8, 4) is 0 Å². The number of hydrogen-bond acceptors (Lipinski definition) is 4. The van der Waals surface area contributed by atoms with Crippen molar-refractivity contribution in [2.75, 3.05) is 29.5 Å². The maximum Gasteiger partial charge on any atom is 0.154 e. The first-order valence-electron chi connectivity index (χ1n) is 6.89. The fourth-order valence-corrected chi connectivity index (χ4v) is 4.15. The average molecular weight is 300 g/mol. The van der Waals surface area contributed by atoms with Gasteiger partial charge < -0.3 is 10.2 Å². The van der Waals surface area contributed by atoms with E-state index in [0.717, 1.165) is 17.8 Å². The molecule has 1 aromatic rings. The largest absolute Gasteiger partial charge is 0.367 e. The van der Waals surface area contributed by atoms with Crippen molar-refractivity contribution in [3.63, 3.8) is 0 Å². The third-order valence-corrected chi connectivity index (χ3v) is 5.38. The van der Waals surface area contributed by atoms with Gasteiger partial charge in [0.05, 0.1) is 11.5 Å². The Hall–Kier alpha value is -1.14. The quantitative estimate of drug-likeness (QED) is 0.917. The Morgan fingerprint density at radius 3 is 2.85 bits per heavy atom. The highest BCUT2D eigenvalue weighted by Crippen LogP contribution is 2.26. The van der Waals surface area contributed by atoms with E-state index in [2.05, 4.69) is 10.2 Å². The Morgan fingerprint density at radius 1 is 1.45 bits per heavy atom. The molecule has 1 unspecified atom stereocenters. The number of hydrogen-bond donors (Lipinski definition) is 1. The van der Waals surface area contributed by atoms with Gasteiger partial charge in [-0.2, -0.15) is 0 Å². The first kappa shape index (κ1) is 15.3. The van der Waals surface area contributed by atoms with Crippen LogP contribution in [0.5, 0.6) is 0 Å². The lowest BCUT2D eigenvalue weighted by Gasteiger charge is -2.36. The van der Waals surface area contributed by atoms with Gasteiger partial charge >= 0.3 is 0 Å². The van der Waals surface area contributed by atoms with Crippen LogP contribution in [0.1, 0.15) is 19.4 Å². The molecule has 2 rings (SSSR count). The van der Waals surface area contributed by atoms with Crippen LogP contribution in [0.15, 0.2) is 18.2 Å². The van der Waals surface area contributed by atoms with E-state index in [0.29, 0.717) is 13.1 Å². The molecule has 0 radical (unpaired) electrons. The van der Waals surface area contributed by atoms with E-state index in [9.17, 15) is 12.8 Å². The van der Waals surface area contributed by atoms with Gasteiger partial charge in [-0.15, -0.1) is 0 Å². The van der Waals surface area contributed by atoms with Crippen LogP contribution in [0, 0.1) is 5.82 Å². The molecule has 1 saturated heterocycles. The molecule has 6 heteroatoms. The van der Waals surface area contributed by atoms with Gasteiger partial charge in [0.25, 0.3) is 0 Å². The van der Waals surface area contributed by atoms with Gasteiger partial charge in [-0.3, -0.25) is 0 Å². The Bertz CT molecular complexity index is 575. The van der Waals surface area contributed by atoms with Crippen molar-refractivity contribution in [1.29, 1.82) is 0 Å². The molecule has 1 atom stereocenters. The van der Waals surface area contributed by atoms with Crippen LogP contribution in [-0.4, -0.2) is 39.1 Å². The highest BCUT2D eigenvalue weighted by molar-refractivity contribution is 7.91. The Balaban J connectivity index is 2.27. The van der Waals surface area contributed by atoms with Crippen LogP contribution < -0.4 is 10.2 Å². The minimum absolute atomic E-state index is 0.0837. The van der Waals surface area contributed by atoms with E-state index in [1.54, 1.807) is 6.07 Å². The van der Waals surface area contributed by atoms with Crippen LogP contribution in [0.4, 0.5) is 10.1 Å². The van der Waals surface area contributed by atoms with E-state index in [1.807, 2.05) is 13.8 Å². The Labute approximate surface area is 119 Å². The van der Waals surface area contributed by atoms with Gasteiger partial charge in [0.2, 0.25) is 0 Å². The average Bonchev–Trinajstić information content (AvgIpc) is 2.36. The van der Waals surface area contributed by atoms with Crippen molar-refractivity contribution in [2.45, 2.75) is 26.4 Å². The summed E-state index contributed by atoms with van der Waals surface area (Å²) in [5.41, 5.74) is 1.80. The van der Waals surface area contributed by atoms with Crippen LogP contribution in [0.3, 0.4) is 0 Å². The molecule has 0 bridgehead atoms. The molecule has 1 aliphatic heterocycles. The molecule has 4 nitrogen and oxygen atoms in total. The summed E-state index contributed by atoms with van der Waals surface area (Å²) >= 11 is 0. The first-order valence-corrected chi connectivity index (χ1v) is 8.71. The topological polar surface area (TPSA) is 49.4 Å². The molecule has 0 aliphatic carbocycles. The molecule has 0 amide bonds. The maximum atomic E-state index is 13.4. The van der Waals surface area contributed by atoms with E-state index >= 15 is 0 Å². The summed E-state index contributed by atoms with van der Waals surface area (Å²) in [4.78, 5) is 2.06. The van der Waals surface area contributed by atoms with Crippen molar-refractivity contribution >= 4 is 15.5 Å². The predicted molar refractivity (Wildman–Crippen MR) is 79.2 cm³/mol. The van der Waals surface area contributed by atoms with Crippen LogP contribution in [-0.2, 0) is 16.4 Å². The maximum absolute atomic E-state index is 13.4. The van der Waals surface area contributed by atoms with Crippen LogP contribution in [0.2, 0.25) is 0 Å². The minimum atomic E-state index is -2.94. The van der Waals surface area contributed by atoms with E-state index in [1.165, 1.54) is 12.1 Å². The van der Waals surface area contributed by atoms with E-state index in [-0.39, 0.29) is 23.4 Å². The second-order valence-electron chi connectivity index (χ2n) is 5.21. The summed E-state index contributed by atoms with van der Waals surface area (Å²) in [5, 5.41) is 3.19. The Kier molecular flexibility index (Phi) is 4.65. The number of nitrogens with one attached hydrogen (secondary N) is 1. The van der Waals surface area contributed by atoms with E-state index < -0.39 is 9.84 Å². The molecule has 1 aromatic carbocycles. The molecular formula is C14H21FN2O2S. The second-order valence-corrected chi connectivity index (χ2v) is 7.44. The SMILES string of the molecule is CCNCc1cc(F)ccc1N1CCS(=O)(=O)CC1C. The fourth-order valence-electron chi connectivity index (χ4n) is 2.59. The van der Waals surface area contributed by atoms with Crippen molar-refractivity contribution in [3.05, 3.63) is 29.6 Å². The van der Waals surface area contributed by atoms with Gasteiger partial charge in [-0.05, 0) is 37.2 Å². The normalized spacial score (nSPS) is 21.9. The number of halogens is 1. The minimum Gasteiger partial charge on any atom is -0.367 e. The molecule has 1 N–H and O–H groups in total. The lowest BCUT2D eigenvalue weighted by molar-refractivity contribution is 0.566. The van der Waals surface area contributed by atoms with Gasteiger partial charge in [-0.1, -0.05) is 6.92 Å². The lowest BCUT2D eigenvalue weighted by Crippen LogP contribution is -2.47. The van der Waals surface area contributed by atoms with Crippen molar-refractivity contribution < 1.29 is 12.8 Å². The number of anilines is 1. The summed E-state index contributed by atoms with van der Waals surface area (Å²) in [6.07, 6.45) is 0. The third-order valence-electron chi connectivity index (χ3n) is 3.59. The third kappa shape index (κ3) is 3.49. The first-order chi connectivity index (χ1) is 9.43. The van der Waals surface area contributed by atoms with Gasteiger partial charge in [0.15, 0.2) is 9.84 Å². The van der Waals surface area contributed by atoms with Gasteiger partial charge in [0, 0.05) is 24.8 Å². The Morgan fingerprint density at radius 2 is 2.20 bits per heavy atom.